The molecular weight excluding hydrogens is 496 g/mol. The Kier molecular flexibility index (Phi) is 8.55. The number of fused-ring (bicyclic) bond motifs is 1. The molecule has 0 radical (unpaired) electrons. The molecule has 1 heterocycles. The lowest BCUT2D eigenvalue weighted by Gasteiger charge is -2.31. The number of nitrogens with zero attached hydrogens (tertiary/aromatic N) is 1. The smallest absolute Gasteiger partial charge is 0.407 e. The summed E-state index contributed by atoms with van der Waals surface area (Å²) < 4.78 is 11.6. The first-order valence-corrected chi connectivity index (χ1v) is 12.5. The highest BCUT2D eigenvalue weighted by atomic mass is 35.5. The molecule has 0 saturated heterocycles. The van der Waals surface area contributed by atoms with Crippen LogP contribution in [0.4, 0.5) is 10.5 Å². The number of hydrogen-bond donors (Lipinski definition) is 2. The Balaban J connectivity index is 2.02. The molecule has 1 aliphatic heterocycles. The molecule has 2 atom stereocenters. The van der Waals surface area contributed by atoms with E-state index in [2.05, 4.69) is 5.32 Å². The van der Waals surface area contributed by atoms with Crippen LogP contribution in [0, 0.1) is 5.41 Å². The summed E-state index contributed by atoms with van der Waals surface area (Å²) in [5.74, 6) is -1.54. The number of anilines is 1. The molecule has 200 valence electrons. The molecule has 1 aliphatic rings. The molecule has 8 nitrogen and oxygen atoms in total. The predicted octanol–water partition coefficient (Wildman–Crippen LogP) is 5.71. The van der Waals surface area contributed by atoms with Crippen LogP contribution in [0.15, 0.2) is 42.5 Å². The van der Waals surface area contributed by atoms with Crippen LogP contribution >= 0.6 is 11.6 Å². The topological polar surface area (TPSA) is 105 Å². The van der Waals surface area contributed by atoms with E-state index in [0.717, 1.165) is 5.56 Å². The number of carboxylic acids is 1. The molecule has 0 bridgehead atoms. The van der Waals surface area contributed by atoms with E-state index in [1.165, 1.54) is 0 Å². The predicted molar refractivity (Wildman–Crippen MR) is 142 cm³/mol. The Morgan fingerprint density at radius 2 is 1.81 bits per heavy atom. The van der Waals surface area contributed by atoms with Crippen molar-refractivity contribution in [1.29, 1.82) is 0 Å². The first kappa shape index (κ1) is 28.5. The summed E-state index contributed by atoms with van der Waals surface area (Å²) in [6, 6.07) is 12.6. The van der Waals surface area contributed by atoms with Gasteiger partial charge in [0, 0.05) is 29.4 Å². The number of carbonyl (C=O) groups is 3. The van der Waals surface area contributed by atoms with Crippen molar-refractivity contribution in [3.8, 4) is 0 Å². The summed E-state index contributed by atoms with van der Waals surface area (Å²) in [6.07, 6.45) is -2.96. The number of aliphatic carboxylic acids is 1. The van der Waals surface area contributed by atoms with Crippen LogP contribution in [0.5, 0.6) is 0 Å². The number of carboxylic acid groups (broad SMARTS) is 1. The van der Waals surface area contributed by atoms with E-state index in [4.69, 9.17) is 21.1 Å². The van der Waals surface area contributed by atoms with Crippen molar-refractivity contribution in [1.82, 2.24) is 5.32 Å². The maximum atomic E-state index is 13.6. The van der Waals surface area contributed by atoms with E-state index in [1.54, 1.807) is 43.9 Å². The largest absolute Gasteiger partial charge is 0.481 e. The van der Waals surface area contributed by atoms with Gasteiger partial charge in [0.2, 0.25) is 0 Å². The Hall–Kier alpha value is -3.10. The van der Waals surface area contributed by atoms with Crippen LogP contribution in [0.2, 0.25) is 5.02 Å². The maximum absolute atomic E-state index is 13.6. The summed E-state index contributed by atoms with van der Waals surface area (Å²) in [5.41, 5.74) is 1.90. The lowest BCUT2D eigenvalue weighted by Crippen LogP contribution is -2.44. The third kappa shape index (κ3) is 7.94. The number of carbonyl (C=O) groups excluding carboxylic acids is 2. The van der Waals surface area contributed by atoms with Crippen molar-refractivity contribution in [2.24, 2.45) is 5.41 Å². The molecular formula is C28H35ClN2O6. The third-order valence-corrected chi connectivity index (χ3v) is 5.72. The van der Waals surface area contributed by atoms with Crippen LogP contribution in [-0.4, -0.2) is 41.3 Å². The van der Waals surface area contributed by atoms with Gasteiger partial charge in [-0.1, -0.05) is 56.6 Å². The number of alkyl carbamates (subject to hydrolysis) is 1. The first-order chi connectivity index (χ1) is 17.1. The fraction of sp³-hybridized carbons (Fsp3) is 0.464. The zero-order valence-electron chi connectivity index (χ0n) is 22.1. The van der Waals surface area contributed by atoms with Crippen molar-refractivity contribution in [3.05, 3.63) is 64.2 Å². The Morgan fingerprint density at radius 1 is 1.11 bits per heavy atom. The Bertz CT molecular complexity index is 1170. The van der Waals surface area contributed by atoms with E-state index in [9.17, 15) is 19.5 Å². The summed E-state index contributed by atoms with van der Waals surface area (Å²) in [7, 11) is 0. The summed E-state index contributed by atoms with van der Waals surface area (Å²) >= 11 is 6.37. The number of ether oxygens (including phenoxy) is 2. The van der Waals surface area contributed by atoms with Gasteiger partial charge < -0.3 is 24.8 Å². The van der Waals surface area contributed by atoms with Crippen LogP contribution in [0.3, 0.4) is 0 Å². The normalized spacial score (nSPS) is 18.1. The van der Waals surface area contributed by atoms with Gasteiger partial charge in [0.05, 0.1) is 6.42 Å². The second kappa shape index (κ2) is 11.1. The molecule has 0 spiro atoms. The van der Waals surface area contributed by atoms with E-state index in [1.807, 2.05) is 45.0 Å². The number of nitrogens with one attached hydrogen (secondary N) is 1. The van der Waals surface area contributed by atoms with Crippen LogP contribution in [-0.2, 0) is 25.6 Å². The van der Waals surface area contributed by atoms with Gasteiger partial charge in [-0.25, -0.2) is 4.79 Å². The number of halogens is 1. The molecule has 37 heavy (non-hydrogen) atoms. The minimum atomic E-state index is -1.19. The van der Waals surface area contributed by atoms with Crippen molar-refractivity contribution in [2.45, 2.75) is 72.3 Å². The zero-order valence-corrected chi connectivity index (χ0v) is 22.9. The van der Waals surface area contributed by atoms with E-state index < -0.39 is 42.2 Å². The lowest BCUT2D eigenvalue weighted by atomic mass is 9.94. The average Bonchev–Trinajstić information content (AvgIpc) is 2.86. The second-order valence-corrected chi connectivity index (χ2v) is 11.8. The van der Waals surface area contributed by atoms with Gasteiger partial charge in [0.1, 0.15) is 17.8 Å². The van der Waals surface area contributed by atoms with Gasteiger partial charge in [-0.3, -0.25) is 9.59 Å². The Morgan fingerprint density at radius 3 is 2.43 bits per heavy atom. The van der Waals surface area contributed by atoms with E-state index >= 15 is 0 Å². The molecule has 2 aromatic rings. The number of rotatable bonds is 6. The molecule has 0 saturated carbocycles. The molecule has 0 aliphatic carbocycles. The standard InChI is InChI=1S/C28H35ClN2O6/c1-27(2,3)16-31-21-11-10-19(29)13-20(21)24(36-22(25(31)34)14-23(32)33)18-9-7-8-17(12-18)15-30-26(35)37-28(4,5)6/h7-13,22,24H,14-16H2,1-6H3,(H,30,35)(H,32,33). The van der Waals surface area contributed by atoms with Gasteiger partial charge in [-0.2, -0.15) is 0 Å². The zero-order chi connectivity index (χ0) is 27.5. The molecule has 2 N–H and O–H groups in total. The molecule has 2 unspecified atom stereocenters. The average molecular weight is 531 g/mol. The highest BCUT2D eigenvalue weighted by Gasteiger charge is 2.39. The monoisotopic (exact) mass is 530 g/mol. The second-order valence-electron chi connectivity index (χ2n) is 11.4. The minimum absolute atomic E-state index is 0.214. The first-order valence-electron chi connectivity index (χ1n) is 12.2. The fourth-order valence-corrected chi connectivity index (χ4v) is 4.29. The summed E-state index contributed by atoms with van der Waals surface area (Å²) in [5, 5.41) is 12.7. The number of hydrogen-bond acceptors (Lipinski definition) is 5. The summed E-state index contributed by atoms with van der Waals surface area (Å²) in [4.78, 5) is 39.0. The van der Waals surface area contributed by atoms with Crippen molar-refractivity contribution in [2.75, 3.05) is 11.4 Å². The molecule has 2 aromatic carbocycles. The highest BCUT2D eigenvalue weighted by Crippen LogP contribution is 2.41. The van der Waals surface area contributed by atoms with Crippen molar-refractivity contribution in [3.63, 3.8) is 0 Å². The van der Waals surface area contributed by atoms with Crippen molar-refractivity contribution < 1.29 is 29.0 Å². The van der Waals surface area contributed by atoms with Gasteiger partial charge in [-0.15, -0.1) is 0 Å². The van der Waals surface area contributed by atoms with Crippen molar-refractivity contribution >= 4 is 35.3 Å². The summed E-state index contributed by atoms with van der Waals surface area (Å²) in [6.45, 7) is 12.0. The fourth-order valence-electron chi connectivity index (χ4n) is 4.11. The molecule has 9 heteroatoms. The SMILES string of the molecule is CC(C)(C)CN1C(=O)C(CC(=O)O)OC(c2cccc(CNC(=O)OC(C)(C)C)c2)c2cc(Cl)ccc21. The third-order valence-electron chi connectivity index (χ3n) is 5.49. The quantitative estimate of drug-likeness (QED) is 0.496. The number of amides is 2. The van der Waals surface area contributed by atoms with E-state index in [0.29, 0.717) is 28.4 Å². The van der Waals surface area contributed by atoms with Gasteiger partial charge >= 0.3 is 12.1 Å². The molecule has 2 amide bonds. The van der Waals surface area contributed by atoms with Crippen LogP contribution in [0.25, 0.3) is 0 Å². The Labute approximate surface area is 222 Å². The maximum Gasteiger partial charge on any atom is 0.407 e. The number of benzene rings is 2. The molecule has 3 rings (SSSR count). The van der Waals surface area contributed by atoms with Gasteiger partial charge in [0.25, 0.3) is 5.91 Å². The molecule has 0 aromatic heterocycles. The lowest BCUT2D eigenvalue weighted by molar-refractivity contribution is -0.147. The van der Waals surface area contributed by atoms with E-state index in [-0.39, 0.29) is 12.0 Å². The molecule has 0 fully saturated rings. The van der Waals surface area contributed by atoms with Crippen LogP contribution in [0.1, 0.15) is 70.8 Å². The highest BCUT2D eigenvalue weighted by molar-refractivity contribution is 6.30. The van der Waals surface area contributed by atoms with Crippen LogP contribution < -0.4 is 10.2 Å². The van der Waals surface area contributed by atoms with Gasteiger partial charge in [0.15, 0.2) is 0 Å². The minimum Gasteiger partial charge on any atom is -0.481 e. The van der Waals surface area contributed by atoms with Gasteiger partial charge in [-0.05, 0) is 55.5 Å².